The van der Waals surface area contributed by atoms with Crippen molar-refractivity contribution < 1.29 is 9.63 Å². The van der Waals surface area contributed by atoms with Crippen LogP contribution in [0, 0.1) is 0 Å². The number of anilines is 1. The maximum Gasteiger partial charge on any atom is 0.278 e. The number of halogens is 1. The average molecular weight is 358 g/mol. The van der Waals surface area contributed by atoms with Gasteiger partial charge in [0.1, 0.15) is 7.11 Å². The molecule has 2 aliphatic heterocycles. The van der Waals surface area contributed by atoms with Crippen LogP contribution in [0.1, 0.15) is 16.7 Å². The third-order valence-corrected chi connectivity index (χ3v) is 4.70. The van der Waals surface area contributed by atoms with Crippen molar-refractivity contribution in [3.63, 3.8) is 0 Å². The number of amides is 1. The third kappa shape index (κ3) is 2.90. The first-order valence-electron chi connectivity index (χ1n) is 8.04. The Morgan fingerprint density at radius 1 is 1.16 bits per heavy atom. The number of likely N-dealkylation sites (N-methyl/N-ethyl adjacent to an activating group) is 1. The van der Waals surface area contributed by atoms with E-state index in [0.29, 0.717) is 5.71 Å². The number of benzene rings is 2. The van der Waals surface area contributed by atoms with Crippen molar-refractivity contribution in [2.24, 2.45) is 5.16 Å². The number of nitrogens with zero attached hydrogens (tertiary/aromatic N) is 2. The molecule has 0 saturated heterocycles. The van der Waals surface area contributed by atoms with Crippen LogP contribution in [0.25, 0.3) is 11.1 Å². The fourth-order valence-corrected chi connectivity index (χ4v) is 3.57. The smallest absolute Gasteiger partial charge is 0.278 e. The highest BCUT2D eigenvalue weighted by Crippen LogP contribution is 2.39. The summed E-state index contributed by atoms with van der Waals surface area (Å²) in [6, 6.07) is 12.4. The second-order valence-electron chi connectivity index (χ2n) is 6.23. The molecule has 0 fully saturated rings. The molecule has 0 unspecified atom stereocenters. The molecular weight excluding hydrogens is 338 g/mol. The van der Waals surface area contributed by atoms with E-state index in [-0.39, 0.29) is 18.3 Å². The Morgan fingerprint density at radius 3 is 2.64 bits per heavy atom. The minimum Gasteiger partial charge on any atom is -0.398 e. The van der Waals surface area contributed by atoms with Crippen molar-refractivity contribution >= 4 is 29.7 Å². The van der Waals surface area contributed by atoms with Crippen molar-refractivity contribution in [2.45, 2.75) is 13.0 Å². The summed E-state index contributed by atoms with van der Waals surface area (Å²) >= 11 is 0. The van der Waals surface area contributed by atoms with Gasteiger partial charge < -0.3 is 15.1 Å². The van der Waals surface area contributed by atoms with Crippen LogP contribution < -0.4 is 5.32 Å². The van der Waals surface area contributed by atoms with Crippen LogP contribution in [-0.4, -0.2) is 37.2 Å². The van der Waals surface area contributed by atoms with Crippen molar-refractivity contribution in [1.29, 1.82) is 0 Å². The van der Waals surface area contributed by atoms with E-state index >= 15 is 0 Å². The quantitative estimate of drug-likeness (QED) is 0.840. The van der Waals surface area contributed by atoms with E-state index in [2.05, 4.69) is 40.6 Å². The molecule has 0 atom stereocenters. The summed E-state index contributed by atoms with van der Waals surface area (Å²) < 4.78 is 0. The first-order chi connectivity index (χ1) is 11.7. The SMILES string of the molecule is CON=C1C(=O)Nc2c1cc(-c1ccccc1)c1c2CN(C)CC1.Cl. The van der Waals surface area contributed by atoms with Crippen LogP contribution >= 0.6 is 12.4 Å². The van der Waals surface area contributed by atoms with Gasteiger partial charge in [0.2, 0.25) is 0 Å². The van der Waals surface area contributed by atoms with Crippen molar-refractivity contribution in [3.8, 4) is 11.1 Å². The van der Waals surface area contributed by atoms with E-state index < -0.39 is 0 Å². The zero-order chi connectivity index (χ0) is 16.7. The second kappa shape index (κ2) is 6.86. The minimum absolute atomic E-state index is 0. The summed E-state index contributed by atoms with van der Waals surface area (Å²) in [4.78, 5) is 19.5. The molecule has 130 valence electrons. The molecule has 25 heavy (non-hydrogen) atoms. The normalized spacial score (nSPS) is 17.5. The molecule has 2 aromatic rings. The molecule has 0 bridgehead atoms. The van der Waals surface area contributed by atoms with E-state index in [9.17, 15) is 4.79 Å². The average Bonchev–Trinajstić information content (AvgIpc) is 2.91. The Balaban J connectivity index is 0.00000182. The number of fused-ring (bicyclic) bond motifs is 3. The number of hydrogen-bond donors (Lipinski definition) is 1. The van der Waals surface area contributed by atoms with E-state index in [0.717, 1.165) is 36.3 Å². The maximum atomic E-state index is 12.3. The van der Waals surface area contributed by atoms with Gasteiger partial charge in [-0.15, -0.1) is 12.4 Å². The zero-order valence-electron chi connectivity index (χ0n) is 14.2. The molecule has 1 amide bonds. The lowest BCUT2D eigenvalue weighted by Gasteiger charge is -2.29. The fraction of sp³-hybridized carbons (Fsp3) is 0.263. The van der Waals surface area contributed by atoms with Crippen molar-refractivity contribution in [3.05, 3.63) is 53.1 Å². The predicted molar refractivity (Wildman–Crippen MR) is 101 cm³/mol. The van der Waals surface area contributed by atoms with Crippen LogP contribution in [0.5, 0.6) is 0 Å². The van der Waals surface area contributed by atoms with Crippen molar-refractivity contribution in [2.75, 3.05) is 26.0 Å². The number of rotatable bonds is 2. The summed E-state index contributed by atoms with van der Waals surface area (Å²) in [5.41, 5.74) is 6.91. The molecule has 6 heteroatoms. The van der Waals surface area contributed by atoms with E-state index in [1.165, 1.54) is 23.8 Å². The summed E-state index contributed by atoms with van der Waals surface area (Å²) in [5.74, 6) is -0.201. The molecule has 0 saturated carbocycles. The van der Waals surface area contributed by atoms with Gasteiger partial charge in [-0.3, -0.25) is 4.79 Å². The summed E-state index contributed by atoms with van der Waals surface area (Å²) in [6.45, 7) is 1.83. The van der Waals surface area contributed by atoms with Gasteiger partial charge in [0.25, 0.3) is 5.91 Å². The number of oxime groups is 1. The Bertz CT molecular complexity index is 849. The standard InChI is InChI=1S/C19H19N3O2.ClH/c1-22-9-8-13-14(12-6-4-3-5-7-12)10-15-17(16(13)11-22)20-19(23)18(15)21-24-2;/h3-7,10H,8-9,11H2,1-2H3,(H,20,21,23);1H. The monoisotopic (exact) mass is 357 g/mol. The minimum atomic E-state index is -0.201. The molecule has 2 heterocycles. The number of carbonyl (C=O) groups is 1. The maximum absolute atomic E-state index is 12.3. The lowest BCUT2D eigenvalue weighted by atomic mass is 9.87. The molecule has 1 N–H and O–H groups in total. The van der Waals surface area contributed by atoms with Gasteiger partial charge in [0.15, 0.2) is 5.71 Å². The molecular formula is C19H20ClN3O2. The van der Waals surface area contributed by atoms with Crippen LogP contribution in [0.3, 0.4) is 0 Å². The van der Waals surface area contributed by atoms with E-state index in [4.69, 9.17) is 4.84 Å². The molecule has 0 radical (unpaired) electrons. The van der Waals surface area contributed by atoms with Gasteiger partial charge in [-0.05, 0) is 41.8 Å². The number of hydrogen-bond acceptors (Lipinski definition) is 4. The largest absolute Gasteiger partial charge is 0.398 e. The van der Waals surface area contributed by atoms with Crippen molar-refractivity contribution in [1.82, 2.24) is 4.90 Å². The van der Waals surface area contributed by atoms with Crippen LogP contribution in [0.4, 0.5) is 5.69 Å². The van der Waals surface area contributed by atoms with E-state index in [1.807, 2.05) is 18.2 Å². The first kappa shape index (κ1) is 17.5. The highest BCUT2D eigenvalue weighted by molar-refractivity contribution is 6.54. The molecule has 2 aliphatic rings. The molecule has 0 spiro atoms. The Morgan fingerprint density at radius 2 is 1.92 bits per heavy atom. The summed E-state index contributed by atoms with van der Waals surface area (Å²) in [7, 11) is 3.56. The fourth-order valence-electron chi connectivity index (χ4n) is 3.57. The van der Waals surface area contributed by atoms with Gasteiger partial charge in [0.05, 0.1) is 5.69 Å². The summed E-state index contributed by atoms with van der Waals surface area (Å²) in [6.07, 6.45) is 0.968. The van der Waals surface area contributed by atoms with E-state index in [1.54, 1.807) is 0 Å². The van der Waals surface area contributed by atoms with Gasteiger partial charge in [-0.2, -0.15) is 0 Å². The summed E-state index contributed by atoms with van der Waals surface area (Å²) in [5, 5.41) is 6.92. The molecule has 0 aromatic heterocycles. The van der Waals surface area contributed by atoms with Gasteiger partial charge in [0, 0.05) is 18.7 Å². The molecule has 5 nitrogen and oxygen atoms in total. The zero-order valence-corrected chi connectivity index (χ0v) is 15.0. The first-order valence-corrected chi connectivity index (χ1v) is 8.04. The topological polar surface area (TPSA) is 53.9 Å². The Labute approximate surface area is 153 Å². The molecule has 0 aliphatic carbocycles. The van der Waals surface area contributed by atoms with Crippen LogP contribution in [0.15, 0.2) is 41.6 Å². The van der Waals surface area contributed by atoms with Gasteiger partial charge in [-0.1, -0.05) is 35.5 Å². The highest BCUT2D eigenvalue weighted by atomic mass is 35.5. The van der Waals surface area contributed by atoms with Gasteiger partial charge in [-0.25, -0.2) is 0 Å². The number of nitrogens with one attached hydrogen (secondary N) is 1. The third-order valence-electron chi connectivity index (χ3n) is 4.70. The van der Waals surface area contributed by atoms with Crippen LogP contribution in [-0.2, 0) is 22.6 Å². The van der Waals surface area contributed by atoms with Gasteiger partial charge >= 0.3 is 0 Å². The highest BCUT2D eigenvalue weighted by Gasteiger charge is 2.33. The lowest BCUT2D eigenvalue weighted by molar-refractivity contribution is -0.110. The van der Waals surface area contributed by atoms with Crippen LogP contribution in [0.2, 0.25) is 0 Å². The molecule has 2 aromatic carbocycles. The Kier molecular flexibility index (Phi) is 4.79. The number of carbonyl (C=O) groups excluding carboxylic acids is 1. The predicted octanol–water partition coefficient (Wildman–Crippen LogP) is 3.07. The second-order valence-corrected chi connectivity index (χ2v) is 6.23. The Hall–Kier alpha value is -2.37. The lowest BCUT2D eigenvalue weighted by Crippen LogP contribution is -2.27. The molecule has 4 rings (SSSR count).